The van der Waals surface area contributed by atoms with Crippen LogP contribution in [0.5, 0.6) is 0 Å². The second-order valence-electron chi connectivity index (χ2n) is 6.99. The molecule has 158 valence electrons. The van der Waals surface area contributed by atoms with E-state index < -0.39 is 4.92 Å². The molecule has 3 aromatic heterocycles. The maximum absolute atomic E-state index is 10.9. The molecule has 0 radical (unpaired) electrons. The smallest absolute Gasteiger partial charge is 0.433 e. The Morgan fingerprint density at radius 3 is 2.62 bits per heavy atom. The molecule has 0 fully saturated rings. The number of hydrogen-bond donors (Lipinski definition) is 0. The van der Waals surface area contributed by atoms with Gasteiger partial charge in [-0.15, -0.1) is 11.3 Å². The number of nitro groups is 1. The van der Waals surface area contributed by atoms with E-state index in [0.717, 1.165) is 22.2 Å². The van der Waals surface area contributed by atoms with E-state index in [0.29, 0.717) is 16.3 Å². The molecular formula is C23H16N4O4S. The monoisotopic (exact) mass is 444 g/mol. The first-order valence-corrected chi connectivity index (χ1v) is 10.5. The van der Waals surface area contributed by atoms with Gasteiger partial charge in [0.2, 0.25) is 4.80 Å². The molecule has 2 aromatic carbocycles. The molecule has 0 atom stereocenters. The SMILES string of the molecule is Cc1ccc(N=c2scc(-c3cc4ccccc4o3)n2N=Cc2ccc([N+](=O)[O-])o2)cc1. The first-order chi connectivity index (χ1) is 15.6. The zero-order valence-electron chi connectivity index (χ0n) is 16.8. The maximum Gasteiger partial charge on any atom is 0.433 e. The molecule has 0 aliphatic heterocycles. The normalized spacial score (nSPS) is 12.2. The summed E-state index contributed by atoms with van der Waals surface area (Å²) in [7, 11) is 0. The topological polar surface area (TPSA) is 99.1 Å². The van der Waals surface area contributed by atoms with Gasteiger partial charge in [-0.25, -0.2) is 9.67 Å². The van der Waals surface area contributed by atoms with Crippen molar-refractivity contribution in [2.24, 2.45) is 10.1 Å². The van der Waals surface area contributed by atoms with Crippen molar-refractivity contribution >= 4 is 40.1 Å². The van der Waals surface area contributed by atoms with Gasteiger partial charge in [0.1, 0.15) is 16.2 Å². The molecule has 32 heavy (non-hydrogen) atoms. The van der Waals surface area contributed by atoms with Gasteiger partial charge in [0.05, 0.1) is 18.0 Å². The predicted molar refractivity (Wildman–Crippen MR) is 122 cm³/mol. The van der Waals surface area contributed by atoms with Crippen LogP contribution >= 0.6 is 11.3 Å². The Bertz CT molecular complexity index is 1490. The minimum absolute atomic E-state index is 0.257. The van der Waals surface area contributed by atoms with Gasteiger partial charge in [-0.3, -0.25) is 10.1 Å². The van der Waals surface area contributed by atoms with E-state index in [1.54, 1.807) is 4.68 Å². The van der Waals surface area contributed by atoms with Crippen LogP contribution in [-0.2, 0) is 0 Å². The van der Waals surface area contributed by atoms with Gasteiger partial charge in [-0.1, -0.05) is 35.9 Å². The van der Waals surface area contributed by atoms with Crippen LogP contribution in [-0.4, -0.2) is 15.8 Å². The number of rotatable bonds is 5. The van der Waals surface area contributed by atoms with Crippen molar-refractivity contribution in [3.05, 3.63) is 98.3 Å². The van der Waals surface area contributed by atoms with Crippen LogP contribution in [0.3, 0.4) is 0 Å². The number of benzene rings is 2. The van der Waals surface area contributed by atoms with Crippen molar-refractivity contribution in [2.75, 3.05) is 0 Å². The number of thiazole rings is 1. The second kappa shape index (κ2) is 8.12. The lowest BCUT2D eigenvalue weighted by atomic mass is 10.2. The van der Waals surface area contributed by atoms with Crippen LogP contribution in [0.15, 0.2) is 91.0 Å². The first kappa shape index (κ1) is 19.7. The number of hydrogen-bond acceptors (Lipinski definition) is 7. The third-order valence-corrected chi connectivity index (χ3v) is 5.53. The summed E-state index contributed by atoms with van der Waals surface area (Å²) in [5.74, 6) is 0.548. The van der Waals surface area contributed by atoms with Crippen LogP contribution in [0.4, 0.5) is 11.6 Å². The molecule has 0 aliphatic rings. The number of para-hydroxylation sites is 1. The zero-order chi connectivity index (χ0) is 22.1. The molecule has 0 spiro atoms. The Morgan fingerprint density at radius 2 is 1.88 bits per heavy atom. The average molecular weight is 444 g/mol. The van der Waals surface area contributed by atoms with E-state index in [1.165, 1.54) is 29.7 Å². The largest absolute Gasteiger partial charge is 0.454 e. The number of furan rings is 2. The standard InChI is InChI=1S/C23H16N4O4S/c1-15-6-8-17(9-7-15)25-23-26(24-13-18-10-11-22(30-18)27(28)29)19(14-32-23)21-12-16-4-2-3-5-20(16)31-21/h2-14H,1H3. The molecule has 0 amide bonds. The minimum atomic E-state index is -0.590. The van der Waals surface area contributed by atoms with Crippen molar-refractivity contribution in [2.45, 2.75) is 6.92 Å². The highest BCUT2D eigenvalue weighted by atomic mass is 32.1. The van der Waals surface area contributed by atoms with Crippen molar-refractivity contribution in [3.8, 4) is 11.5 Å². The van der Waals surface area contributed by atoms with E-state index in [2.05, 4.69) is 5.10 Å². The fourth-order valence-corrected chi connectivity index (χ4v) is 3.96. The lowest BCUT2D eigenvalue weighted by Gasteiger charge is -2.00. The molecule has 0 aliphatic carbocycles. The maximum atomic E-state index is 10.9. The Hall–Kier alpha value is -4.24. The summed E-state index contributed by atoms with van der Waals surface area (Å²) in [6.07, 6.45) is 1.42. The average Bonchev–Trinajstić information content (AvgIpc) is 3.51. The van der Waals surface area contributed by atoms with E-state index in [9.17, 15) is 10.1 Å². The molecule has 0 saturated heterocycles. The summed E-state index contributed by atoms with van der Waals surface area (Å²) >= 11 is 1.41. The fourth-order valence-electron chi connectivity index (χ4n) is 3.12. The molecule has 5 aromatic rings. The second-order valence-corrected chi connectivity index (χ2v) is 7.83. The van der Waals surface area contributed by atoms with Gasteiger partial charge in [0.15, 0.2) is 11.5 Å². The molecule has 0 unspecified atom stereocenters. The van der Waals surface area contributed by atoms with E-state index in [-0.39, 0.29) is 11.6 Å². The predicted octanol–water partition coefficient (Wildman–Crippen LogP) is 5.89. The number of fused-ring (bicyclic) bond motifs is 1. The zero-order valence-corrected chi connectivity index (χ0v) is 17.7. The Kier molecular flexibility index (Phi) is 5.00. The van der Waals surface area contributed by atoms with E-state index in [1.807, 2.05) is 66.9 Å². The third kappa shape index (κ3) is 3.88. The summed E-state index contributed by atoms with van der Waals surface area (Å²) in [6.45, 7) is 2.02. The Morgan fingerprint density at radius 1 is 1.06 bits per heavy atom. The fraction of sp³-hybridized carbons (Fsp3) is 0.0435. The first-order valence-electron chi connectivity index (χ1n) is 9.66. The molecule has 9 heteroatoms. The van der Waals surface area contributed by atoms with Gasteiger partial charge in [-0.05, 0) is 37.3 Å². The summed E-state index contributed by atoms with van der Waals surface area (Å²) in [6, 6.07) is 20.3. The van der Waals surface area contributed by atoms with Crippen LogP contribution in [0, 0.1) is 17.0 Å². The van der Waals surface area contributed by atoms with Gasteiger partial charge < -0.3 is 8.83 Å². The highest BCUT2D eigenvalue weighted by Crippen LogP contribution is 2.28. The molecule has 0 N–H and O–H groups in total. The van der Waals surface area contributed by atoms with Crippen LogP contribution in [0.1, 0.15) is 11.3 Å². The molecule has 3 heterocycles. The van der Waals surface area contributed by atoms with Gasteiger partial charge in [0.25, 0.3) is 0 Å². The van der Waals surface area contributed by atoms with Crippen LogP contribution < -0.4 is 4.80 Å². The number of nitrogens with zero attached hydrogens (tertiary/aromatic N) is 4. The summed E-state index contributed by atoms with van der Waals surface area (Å²) < 4.78 is 12.9. The summed E-state index contributed by atoms with van der Waals surface area (Å²) in [5, 5.41) is 18.3. The van der Waals surface area contributed by atoms with E-state index >= 15 is 0 Å². The highest BCUT2D eigenvalue weighted by Gasteiger charge is 2.14. The molecule has 0 saturated carbocycles. The molecule has 8 nitrogen and oxygen atoms in total. The Labute approximate surface area is 185 Å². The van der Waals surface area contributed by atoms with Gasteiger partial charge >= 0.3 is 5.88 Å². The molecule has 5 rings (SSSR count). The van der Waals surface area contributed by atoms with Crippen LogP contribution in [0.2, 0.25) is 0 Å². The highest BCUT2D eigenvalue weighted by molar-refractivity contribution is 7.07. The van der Waals surface area contributed by atoms with Gasteiger partial charge in [0, 0.05) is 10.8 Å². The summed E-state index contributed by atoms with van der Waals surface area (Å²) in [5.41, 5.74) is 3.40. The number of aryl methyl sites for hydroxylation is 1. The Balaban J connectivity index is 1.63. The van der Waals surface area contributed by atoms with Crippen molar-refractivity contribution in [1.82, 2.24) is 4.68 Å². The lowest BCUT2D eigenvalue weighted by molar-refractivity contribution is -0.402. The van der Waals surface area contributed by atoms with Crippen molar-refractivity contribution in [1.29, 1.82) is 0 Å². The summed E-state index contributed by atoms with van der Waals surface area (Å²) in [4.78, 5) is 15.6. The minimum Gasteiger partial charge on any atom is -0.454 e. The van der Waals surface area contributed by atoms with Crippen molar-refractivity contribution < 1.29 is 13.8 Å². The van der Waals surface area contributed by atoms with Crippen LogP contribution in [0.25, 0.3) is 22.4 Å². The lowest BCUT2D eigenvalue weighted by Crippen LogP contribution is -2.11. The van der Waals surface area contributed by atoms with Crippen molar-refractivity contribution in [3.63, 3.8) is 0 Å². The third-order valence-electron chi connectivity index (χ3n) is 4.72. The molecular weight excluding hydrogens is 428 g/mol. The molecule has 0 bridgehead atoms. The number of aromatic nitrogens is 1. The van der Waals surface area contributed by atoms with E-state index in [4.69, 9.17) is 13.8 Å². The van der Waals surface area contributed by atoms with Gasteiger partial charge in [-0.2, -0.15) is 5.10 Å². The quantitative estimate of drug-likeness (QED) is 0.192.